The highest BCUT2D eigenvalue weighted by Gasteiger charge is 2.31. The minimum absolute atomic E-state index is 0.169. The molecule has 1 aromatic rings. The molecule has 0 N–H and O–H groups in total. The van der Waals surface area contributed by atoms with Gasteiger partial charge < -0.3 is 0 Å². The van der Waals surface area contributed by atoms with Crippen LogP contribution in [0.2, 0.25) is 0 Å². The number of halogens is 1. The van der Waals surface area contributed by atoms with Crippen LogP contribution >= 0.6 is 15.9 Å². The SMILES string of the molecule is CS(=O)(=O)N1CCN(S(=O)(=O)c2cccc(Br)c2)CC1. The normalized spacial score (nSPS) is 19.1. The lowest BCUT2D eigenvalue weighted by molar-refractivity contribution is 0.274. The summed E-state index contributed by atoms with van der Waals surface area (Å²) in [6.07, 6.45) is 1.13. The highest BCUT2D eigenvalue weighted by molar-refractivity contribution is 9.10. The number of hydrogen-bond acceptors (Lipinski definition) is 4. The molecule has 0 atom stereocenters. The van der Waals surface area contributed by atoms with Crippen LogP contribution in [-0.4, -0.2) is 57.9 Å². The maximum atomic E-state index is 12.4. The first-order valence-electron chi connectivity index (χ1n) is 5.92. The fraction of sp³-hybridized carbons (Fsp3) is 0.455. The van der Waals surface area contributed by atoms with Crippen LogP contribution < -0.4 is 0 Å². The number of piperazine rings is 1. The maximum Gasteiger partial charge on any atom is 0.243 e. The zero-order valence-electron chi connectivity index (χ0n) is 10.9. The smallest absolute Gasteiger partial charge is 0.213 e. The summed E-state index contributed by atoms with van der Waals surface area (Å²) in [6, 6.07) is 6.48. The quantitative estimate of drug-likeness (QED) is 0.771. The number of benzene rings is 1. The van der Waals surface area contributed by atoms with Gasteiger partial charge in [0.2, 0.25) is 20.0 Å². The van der Waals surface area contributed by atoms with Crippen molar-refractivity contribution in [3.63, 3.8) is 0 Å². The van der Waals surface area contributed by atoms with E-state index in [1.54, 1.807) is 12.1 Å². The van der Waals surface area contributed by atoms with Gasteiger partial charge in [0.05, 0.1) is 11.2 Å². The van der Waals surface area contributed by atoms with E-state index in [0.717, 1.165) is 6.26 Å². The summed E-state index contributed by atoms with van der Waals surface area (Å²) < 4.78 is 51.0. The summed E-state index contributed by atoms with van der Waals surface area (Å²) in [5.41, 5.74) is 0. The van der Waals surface area contributed by atoms with Gasteiger partial charge >= 0.3 is 0 Å². The fourth-order valence-electron chi connectivity index (χ4n) is 2.02. The van der Waals surface area contributed by atoms with Crippen LogP contribution in [0.1, 0.15) is 0 Å². The van der Waals surface area contributed by atoms with E-state index in [4.69, 9.17) is 0 Å². The van der Waals surface area contributed by atoms with Crippen molar-refractivity contribution < 1.29 is 16.8 Å². The Kier molecular flexibility index (Phi) is 4.55. The summed E-state index contributed by atoms with van der Waals surface area (Å²) >= 11 is 3.24. The maximum absolute atomic E-state index is 12.4. The van der Waals surface area contributed by atoms with Gasteiger partial charge in [-0.25, -0.2) is 16.8 Å². The molecule has 1 heterocycles. The molecule has 0 amide bonds. The molecule has 0 spiro atoms. The van der Waals surface area contributed by atoms with Crippen LogP contribution in [0.25, 0.3) is 0 Å². The molecule has 20 heavy (non-hydrogen) atoms. The predicted molar refractivity (Wildman–Crippen MR) is 79.3 cm³/mol. The molecule has 1 aliphatic rings. The highest BCUT2D eigenvalue weighted by atomic mass is 79.9. The van der Waals surface area contributed by atoms with E-state index in [9.17, 15) is 16.8 Å². The van der Waals surface area contributed by atoms with E-state index in [1.807, 2.05) is 0 Å². The predicted octanol–water partition coefficient (Wildman–Crippen LogP) is 0.715. The molecule has 6 nitrogen and oxygen atoms in total. The highest BCUT2D eigenvalue weighted by Crippen LogP contribution is 2.21. The van der Waals surface area contributed by atoms with Gasteiger partial charge in [0.15, 0.2) is 0 Å². The number of nitrogens with zero attached hydrogens (tertiary/aromatic N) is 2. The molecule has 112 valence electrons. The zero-order valence-corrected chi connectivity index (χ0v) is 14.1. The average Bonchev–Trinajstić information content (AvgIpc) is 2.38. The third-order valence-electron chi connectivity index (χ3n) is 3.10. The van der Waals surface area contributed by atoms with Gasteiger partial charge in [-0.05, 0) is 18.2 Å². The molecule has 0 aromatic heterocycles. The Morgan fingerprint density at radius 2 is 1.55 bits per heavy atom. The lowest BCUT2D eigenvalue weighted by atomic mass is 10.4. The third kappa shape index (κ3) is 3.40. The van der Waals surface area contributed by atoms with E-state index in [2.05, 4.69) is 15.9 Å². The molecule has 1 fully saturated rings. The number of sulfonamides is 2. The Bertz CT molecular complexity index is 695. The average molecular weight is 383 g/mol. The molecule has 2 rings (SSSR count). The van der Waals surface area contributed by atoms with Crippen molar-refractivity contribution in [1.82, 2.24) is 8.61 Å². The molecule has 1 aromatic carbocycles. The van der Waals surface area contributed by atoms with Crippen molar-refractivity contribution in [3.8, 4) is 0 Å². The molecule has 0 unspecified atom stereocenters. The van der Waals surface area contributed by atoms with Crippen LogP contribution in [0.3, 0.4) is 0 Å². The Morgan fingerprint density at radius 1 is 1.00 bits per heavy atom. The second kappa shape index (κ2) is 5.72. The lowest BCUT2D eigenvalue weighted by Gasteiger charge is -2.32. The van der Waals surface area contributed by atoms with E-state index in [1.165, 1.54) is 20.7 Å². The largest absolute Gasteiger partial charge is 0.243 e. The van der Waals surface area contributed by atoms with Gasteiger partial charge in [-0.2, -0.15) is 8.61 Å². The fourth-order valence-corrected chi connectivity index (χ4v) is 4.86. The van der Waals surface area contributed by atoms with Gasteiger partial charge in [0.1, 0.15) is 0 Å². The summed E-state index contributed by atoms with van der Waals surface area (Å²) in [5.74, 6) is 0. The molecule has 0 bridgehead atoms. The van der Waals surface area contributed by atoms with Gasteiger partial charge in [0.25, 0.3) is 0 Å². The van der Waals surface area contributed by atoms with Crippen molar-refractivity contribution in [2.24, 2.45) is 0 Å². The Balaban J connectivity index is 2.18. The van der Waals surface area contributed by atoms with E-state index >= 15 is 0 Å². The first kappa shape index (κ1) is 15.9. The first-order valence-corrected chi connectivity index (χ1v) is 10.0. The Morgan fingerprint density at radius 3 is 2.05 bits per heavy atom. The molecule has 0 saturated carbocycles. The molecule has 9 heteroatoms. The van der Waals surface area contributed by atoms with Crippen LogP contribution in [0.4, 0.5) is 0 Å². The van der Waals surface area contributed by atoms with Crippen molar-refractivity contribution in [2.45, 2.75) is 4.90 Å². The lowest BCUT2D eigenvalue weighted by Crippen LogP contribution is -2.50. The van der Waals surface area contributed by atoms with E-state index < -0.39 is 20.0 Å². The minimum atomic E-state index is -3.57. The second-order valence-corrected chi connectivity index (χ2v) is 9.36. The van der Waals surface area contributed by atoms with Crippen LogP contribution in [0, 0.1) is 0 Å². The van der Waals surface area contributed by atoms with Gasteiger partial charge in [-0.1, -0.05) is 22.0 Å². The molecule has 0 radical (unpaired) electrons. The summed E-state index contributed by atoms with van der Waals surface area (Å²) in [5, 5.41) is 0. The summed E-state index contributed by atoms with van der Waals surface area (Å²) in [6.45, 7) is 0.710. The molecular formula is C11H15BrN2O4S2. The first-order chi connectivity index (χ1) is 9.21. The molecule has 1 aliphatic heterocycles. The molecule has 0 aliphatic carbocycles. The number of hydrogen-bond donors (Lipinski definition) is 0. The van der Waals surface area contributed by atoms with Crippen LogP contribution in [-0.2, 0) is 20.0 Å². The Labute approximate surface area is 127 Å². The van der Waals surface area contributed by atoms with Crippen molar-refractivity contribution in [3.05, 3.63) is 28.7 Å². The minimum Gasteiger partial charge on any atom is -0.213 e. The van der Waals surface area contributed by atoms with E-state index in [-0.39, 0.29) is 31.1 Å². The second-order valence-electron chi connectivity index (χ2n) is 4.52. The Hall–Kier alpha value is -0.480. The molecule has 1 saturated heterocycles. The van der Waals surface area contributed by atoms with Gasteiger partial charge in [-0.3, -0.25) is 0 Å². The van der Waals surface area contributed by atoms with Crippen molar-refractivity contribution in [2.75, 3.05) is 32.4 Å². The van der Waals surface area contributed by atoms with Crippen LogP contribution in [0.5, 0.6) is 0 Å². The third-order valence-corrected chi connectivity index (χ3v) is 6.79. The zero-order chi connectivity index (χ0) is 15.0. The van der Waals surface area contributed by atoms with Gasteiger partial charge in [-0.15, -0.1) is 0 Å². The molecular weight excluding hydrogens is 368 g/mol. The summed E-state index contributed by atoms with van der Waals surface area (Å²) in [4.78, 5) is 0.208. The van der Waals surface area contributed by atoms with Crippen molar-refractivity contribution in [1.29, 1.82) is 0 Å². The number of rotatable bonds is 3. The van der Waals surface area contributed by atoms with Crippen LogP contribution in [0.15, 0.2) is 33.6 Å². The van der Waals surface area contributed by atoms with Gasteiger partial charge in [0, 0.05) is 30.7 Å². The van der Waals surface area contributed by atoms with E-state index in [0.29, 0.717) is 4.47 Å². The summed E-state index contributed by atoms with van der Waals surface area (Å²) in [7, 11) is -6.83. The monoisotopic (exact) mass is 382 g/mol. The standard InChI is InChI=1S/C11H15BrN2O4S2/c1-19(15,16)13-5-7-14(8-6-13)20(17,18)11-4-2-3-10(12)9-11/h2-4,9H,5-8H2,1H3. The van der Waals surface area contributed by atoms with Crippen molar-refractivity contribution >= 4 is 36.0 Å². The topological polar surface area (TPSA) is 74.8 Å².